The van der Waals surface area contributed by atoms with Gasteiger partial charge < -0.3 is 35.1 Å². The van der Waals surface area contributed by atoms with Crippen LogP contribution in [-0.4, -0.2) is 52.1 Å². The third-order valence-electron chi connectivity index (χ3n) is 4.35. The number of hydrogen-bond donors (Lipinski definition) is 3. The Morgan fingerprint density at radius 3 is 2.10 bits per heavy atom. The maximum Gasteiger partial charge on any atom is 0.227 e. The molecule has 1 amide bonds. The minimum absolute atomic E-state index is 0.0160. The predicted molar refractivity (Wildman–Crippen MR) is 116 cm³/mol. The number of rotatable bonds is 10. The SMILES string of the molecule is COc1ccc(/C=C\c2cc(OC)c(OC)c(OC)c2)cc1NC(=O)C[C@@H](O)CN. The first-order valence-electron chi connectivity index (χ1n) is 9.29. The summed E-state index contributed by atoms with van der Waals surface area (Å²) in [5.41, 5.74) is 7.53. The molecule has 0 bridgehead atoms. The summed E-state index contributed by atoms with van der Waals surface area (Å²) >= 11 is 0. The van der Waals surface area contributed by atoms with Crippen molar-refractivity contribution in [3.8, 4) is 23.0 Å². The molecule has 1 atom stereocenters. The van der Waals surface area contributed by atoms with Crippen LogP contribution in [0.5, 0.6) is 23.0 Å². The summed E-state index contributed by atoms with van der Waals surface area (Å²) in [5, 5.41) is 12.3. The summed E-state index contributed by atoms with van der Waals surface area (Å²) in [5.74, 6) is 1.79. The van der Waals surface area contributed by atoms with Crippen LogP contribution in [0.2, 0.25) is 0 Å². The Kier molecular flexibility index (Phi) is 8.52. The van der Waals surface area contributed by atoms with Crippen molar-refractivity contribution in [3.63, 3.8) is 0 Å². The molecule has 0 fully saturated rings. The first-order chi connectivity index (χ1) is 14.4. The number of amides is 1. The topological polar surface area (TPSA) is 112 Å². The fourth-order valence-corrected chi connectivity index (χ4v) is 2.82. The monoisotopic (exact) mass is 416 g/mol. The van der Waals surface area contributed by atoms with E-state index >= 15 is 0 Å². The summed E-state index contributed by atoms with van der Waals surface area (Å²) in [6.45, 7) is 0.0160. The molecule has 162 valence electrons. The molecule has 0 saturated carbocycles. The number of benzene rings is 2. The molecule has 4 N–H and O–H groups in total. The lowest BCUT2D eigenvalue weighted by Crippen LogP contribution is -2.26. The van der Waals surface area contributed by atoms with Gasteiger partial charge in [-0.15, -0.1) is 0 Å². The van der Waals surface area contributed by atoms with Gasteiger partial charge in [-0.05, 0) is 35.4 Å². The number of anilines is 1. The molecule has 8 heteroatoms. The highest BCUT2D eigenvalue weighted by Crippen LogP contribution is 2.38. The maximum atomic E-state index is 12.1. The molecule has 2 rings (SSSR count). The van der Waals surface area contributed by atoms with E-state index in [1.807, 2.05) is 30.4 Å². The summed E-state index contributed by atoms with van der Waals surface area (Å²) in [6.07, 6.45) is 2.78. The van der Waals surface area contributed by atoms with Gasteiger partial charge in [-0.3, -0.25) is 4.79 Å². The number of aliphatic hydroxyl groups is 1. The summed E-state index contributed by atoms with van der Waals surface area (Å²) < 4.78 is 21.4. The Hall–Kier alpha value is -3.23. The smallest absolute Gasteiger partial charge is 0.227 e. The number of hydrogen-bond acceptors (Lipinski definition) is 7. The van der Waals surface area contributed by atoms with Gasteiger partial charge in [-0.1, -0.05) is 18.2 Å². The van der Waals surface area contributed by atoms with E-state index in [-0.39, 0.29) is 18.9 Å². The molecule has 30 heavy (non-hydrogen) atoms. The second kappa shape index (κ2) is 11.1. The average molecular weight is 416 g/mol. The fourth-order valence-electron chi connectivity index (χ4n) is 2.82. The Labute approximate surface area is 176 Å². The zero-order valence-electron chi connectivity index (χ0n) is 17.6. The van der Waals surface area contributed by atoms with Gasteiger partial charge in [0.05, 0.1) is 46.7 Å². The van der Waals surface area contributed by atoms with E-state index in [0.717, 1.165) is 11.1 Å². The van der Waals surface area contributed by atoms with E-state index in [1.165, 1.54) is 7.11 Å². The van der Waals surface area contributed by atoms with Crippen LogP contribution in [0.4, 0.5) is 5.69 Å². The summed E-state index contributed by atoms with van der Waals surface area (Å²) in [4.78, 5) is 12.1. The highest BCUT2D eigenvalue weighted by Gasteiger charge is 2.13. The number of ether oxygens (including phenoxy) is 4. The van der Waals surface area contributed by atoms with Crippen LogP contribution < -0.4 is 30.0 Å². The second-order valence-electron chi connectivity index (χ2n) is 6.39. The molecule has 0 radical (unpaired) electrons. The van der Waals surface area contributed by atoms with Gasteiger partial charge >= 0.3 is 0 Å². The third-order valence-corrected chi connectivity index (χ3v) is 4.35. The number of nitrogens with two attached hydrogens (primary N) is 1. The van der Waals surface area contributed by atoms with Crippen LogP contribution in [0.15, 0.2) is 30.3 Å². The van der Waals surface area contributed by atoms with Gasteiger partial charge in [0.2, 0.25) is 11.7 Å². The largest absolute Gasteiger partial charge is 0.495 e. The van der Waals surface area contributed by atoms with Crippen molar-refractivity contribution in [2.24, 2.45) is 5.73 Å². The molecule has 0 unspecified atom stereocenters. The second-order valence-corrected chi connectivity index (χ2v) is 6.39. The Morgan fingerprint density at radius 2 is 1.57 bits per heavy atom. The lowest BCUT2D eigenvalue weighted by molar-refractivity contribution is -0.117. The Balaban J connectivity index is 2.28. The van der Waals surface area contributed by atoms with Crippen molar-refractivity contribution in [3.05, 3.63) is 41.5 Å². The lowest BCUT2D eigenvalue weighted by atomic mass is 10.1. The number of aliphatic hydroxyl groups excluding tert-OH is 1. The molecular formula is C22H28N2O6. The Bertz CT molecular complexity index is 872. The van der Waals surface area contributed by atoms with Gasteiger partial charge in [0.1, 0.15) is 5.75 Å². The van der Waals surface area contributed by atoms with Crippen molar-refractivity contribution in [1.82, 2.24) is 0 Å². The molecule has 0 aromatic heterocycles. The van der Waals surface area contributed by atoms with Crippen LogP contribution in [-0.2, 0) is 4.79 Å². The quantitative estimate of drug-likeness (QED) is 0.510. The highest BCUT2D eigenvalue weighted by molar-refractivity contribution is 5.93. The van der Waals surface area contributed by atoms with Crippen molar-refractivity contribution < 1.29 is 28.8 Å². The molecule has 0 spiro atoms. The molecule has 2 aromatic carbocycles. The molecule has 0 saturated heterocycles. The Morgan fingerprint density at radius 1 is 0.967 bits per heavy atom. The van der Waals surface area contributed by atoms with Crippen molar-refractivity contribution in [2.75, 3.05) is 40.3 Å². The van der Waals surface area contributed by atoms with Crippen LogP contribution in [0.1, 0.15) is 17.5 Å². The minimum Gasteiger partial charge on any atom is -0.495 e. The van der Waals surface area contributed by atoms with Gasteiger partial charge in [-0.25, -0.2) is 0 Å². The molecule has 0 heterocycles. The van der Waals surface area contributed by atoms with Crippen LogP contribution in [0.25, 0.3) is 12.2 Å². The van der Waals surface area contributed by atoms with Gasteiger partial charge in [-0.2, -0.15) is 0 Å². The van der Waals surface area contributed by atoms with Crippen LogP contribution in [0.3, 0.4) is 0 Å². The standard InChI is InChI=1S/C22H28N2O6/c1-27-18-8-7-14(9-17(18)24-21(26)12-16(25)13-23)5-6-15-10-19(28-2)22(30-4)20(11-15)29-3/h5-11,16,25H,12-13,23H2,1-4H3,(H,24,26)/b6-5-/t16-/m1/s1. The van der Waals surface area contributed by atoms with E-state index in [2.05, 4.69) is 5.32 Å². The van der Waals surface area contributed by atoms with Gasteiger partial charge in [0.15, 0.2) is 11.5 Å². The molecule has 0 aliphatic carbocycles. The molecular weight excluding hydrogens is 388 g/mol. The van der Waals surface area contributed by atoms with Crippen molar-refractivity contribution in [2.45, 2.75) is 12.5 Å². The molecule has 0 aliphatic heterocycles. The molecule has 8 nitrogen and oxygen atoms in total. The number of methoxy groups -OCH3 is 4. The summed E-state index contributed by atoms with van der Waals surface area (Å²) in [6, 6.07) is 9.05. The number of carbonyl (C=O) groups is 1. The van der Waals surface area contributed by atoms with Gasteiger partial charge in [0, 0.05) is 6.54 Å². The van der Waals surface area contributed by atoms with E-state index in [4.69, 9.17) is 24.7 Å². The van der Waals surface area contributed by atoms with E-state index in [9.17, 15) is 9.90 Å². The number of carbonyl (C=O) groups excluding carboxylic acids is 1. The molecule has 0 aliphatic rings. The van der Waals surface area contributed by atoms with Crippen molar-refractivity contribution >= 4 is 23.7 Å². The zero-order chi connectivity index (χ0) is 22.1. The van der Waals surface area contributed by atoms with Crippen LogP contribution in [0, 0.1) is 0 Å². The lowest BCUT2D eigenvalue weighted by Gasteiger charge is -2.13. The normalized spacial score (nSPS) is 11.8. The summed E-state index contributed by atoms with van der Waals surface area (Å²) in [7, 11) is 6.19. The minimum atomic E-state index is -0.890. The first kappa shape index (κ1) is 23.1. The molecule has 2 aromatic rings. The van der Waals surface area contributed by atoms with E-state index in [0.29, 0.717) is 28.7 Å². The third kappa shape index (κ3) is 5.88. The highest BCUT2D eigenvalue weighted by atomic mass is 16.5. The fraction of sp³-hybridized carbons (Fsp3) is 0.318. The van der Waals surface area contributed by atoms with E-state index in [1.54, 1.807) is 33.5 Å². The van der Waals surface area contributed by atoms with Gasteiger partial charge in [0.25, 0.3) is 0 Å². The number of nitrogens with one attached hydrogen (secondary N) is 1. The van der Waals surface area contributed by atoms with E-state index < -0.39 is 6.10 Å². The van der Waals surface area contributed by atoms with Crippen LogP contribution >= 0.6 is 0 Å². The van der Waals surface area contributed by atoms with Crippen molar-refractivity contribution in [1.29, 1.82) is 0 Å². The zero-order valence-corrected chi connectivity index (χ0v) is 17.6. The average Bonchev–Trinajstić information content (AvgIpc) is 2.76. The predicted octanol–water partition coefficient (Wildman–Crippen LogP) is 2.54. The maximum absolute atomic E-state index is 12.1. The first-order valence-corrected chi connectivity index (χ1v) is 9.29.